The molecule has 2 aromatic carbocycles. The summed E-state index contributed by atoms with van der Waals surface area (Å²) in [4.78, 5) is 0.291. The molecule has 0 aliphatic carbocycles. The van der Waals surface area contributed by atoms with Gasteiger partial charge >= 0.3 is 0 Å². The first-order chi connectivity index (χ1) is 9.36. The first-order valence-electron chi connectivity index (χ1n) is 6.18. The minimum absolute atomic E-state index is 0.0505. The summed E-state index contributed by atoms with van der Waals surface area (Å²) in [6.07, 6.45) is 1.18. The van der Waals surface area contributed by atoms with E-state index in [0.717, 1.165) is 5.56 Å². The maximum atomic E-state index is 13.1. The molecule has 1 unspecified atom stereocenters. The number of benzene rings is 2. The van der Waals surface area contributed by atoms with E-state index in [0.29, 0.717) is 10.6 Å². The zero-order valence-electron chi connectivity index (χ0n) is 11.3. The minimum Gasteiger partial charge on any atom is -0.378 e. The molecule has 1 atom stereocenters. The maximum Gasteiger partial charge on any atom is 0.175 e. The predicted octanol–water partition coefficient (Wildman–Crippen LogP) is 3.40. The zero-order chi connectivity index (χ0) is 14.8. The summed E-state index contributed by atoms with van der Waals surface area (Å²) in [6.45, 7) is 1.93. The van der Waals surface area contributed by atoms with Gasteiger partial charge in [-0.15, -0.1) is 0 Å². The monoisotopic (exact) mass is 293 g/mol. The average Bonchev–Trinajstić information content (AvgIpc) is 2.38. The largest absolute Gasteiger partial charge is 0.378 e. The fraction of sp³-hybridized carbons (Fsp3) is 0.200. The number of anilines is 1. The van der Waals surface area contributed by atoms with Gasteiger partial charge in [-0.25, -0.2) is 12.8 Å². The molecule has 2 aromatic rings. The number of sulfone groups is 1. The van der Waals surface area contributed by atoms with E-state index in [4.69, 9.17) is 0 Å². The van der Waals surface area contributed by atoms with Crippen LogP contribution >= 0.6 is 0 Å². The number of hydrogen-bond donors (Lipinski definition) is 1. The van der Waals surface area contributed by atoms with Crippen molar-refractivity contribution in [2.24, 2.45) is 0 Å². The molecule has 0 saturated heterocycles. The Morgan fingerprint density at radius 2 is 1.75 bits per heavy atom. The van der Waals surface area contributed by atoms with Gasteiger partial charge in [0.15, 0.2) is 9.84 Å². The Bertz CT molecular complexity index is 696. The summed E-state index contributed by atoms with van der Waals surface area (Å²) < 4.78 is 35.9. The van der Waals surface area contributed by atoms with Crippen LogP contribution < -0.4 is 5.32 Å². The van der Waals surface area contributed by atoms with Gasteiger partial charge < -0.3 is 5.32 Å². The van der Waals surface area contributed by atoms with E-state index in [1.54, 1.807) is 36.4 Å². The van der Waals surface area contributed by atoms with E-state index in [2.05, 4.69) is 5.32 Å². The highest BCUT2D eigenvalue weighted by Gasteiger charge is 2.09. The first-order valence-corrected chi connectivity index (χ1v) is 8.07. The van der Waals surface area contributed by atoms with E-state index in [1.165, 1.54) is 18.4 Å². The Balaban J connectivity index is 2.15. The normalized spacial score (nSPS) is 12.9. The van der Waals surface area contributed by atoms with Gasteiger partial charge in [-0.05, 0) is 42.8 Å². The van der Waals surface area contributed by atoms with Crippen molar-refractivity contribution >= 4 is 15.5 Å². The molecule has 0 spiro atoms. The fourth-order valence-electron chi connectivity index (χ4n) is 1.92. The summed E-state index contributed by atoms with van der Waals surface area (Å²) in [5.74, 6) is -0.297. The quantitative estimate of drug-likeness (QED) is 0.939. The molecule has 0 bridgehead atoms. The molecule has 20 heavy (non-hydrogen) atoms. The number of rotatable bonds is 4. The molecule has 0 aromatic heterocycles. The number of halogens is 1. The van der Waals surface area contributed by atoms with Crippen LogP contribution in [0.25, 0.3) is 0 Å². The molecular weight excluding hydrogens is 277 g/mol. The molecule has 0 saturated carbocycles. The van der Waals surface area contributed by atoms with Crippen molar-refractivity contribution < 1.29 is 12.8 Å². The molecule has 0 radical (unpaired) electrons. The maximum absolute atomic E-state index is 13.1. The lowest BCUT2D eigenvalue weighted by molar-refractivity contribution is 0.601. The van der Waals surface area contributed by atoms with Crippen molar-refractivity contribution in [3.8, 4) is 0 Å². The smallest absolute Gasteiger partial charge is 0.175 e. The molecule has 106 valence electrons. The summed E-state index contributed by atoms with van der Waals surface area (Å²) >= 11 is 0. The molecule has 2 rings (SSSR count). The van der Waals surface area contributed by atoms with Gasteiger partial charge in [0.05, 0.1) is 4.90 Å². The highest BCUT2D eigenvalue weighted by atomic mass is 32.2. The van der Waals surface area contributed by atoms with Crippen LogP contribution in [-0.2, 0) is 9.84 Å². The van der Waals surface area contributed by atoms with Gasteiger partial charge in [0.25, 0.3) is 0 Å². The van der Waals surface area contributed by atoms with Crippen LogP contribution in [0.1, 0.15) is 18.5 Å². The Morgan fingerprint density at radius 1 is 1.10 bits per heavy atom. The zero-order valence-corrected chi connectivity index (χ0v) is 12.1. The lowest BCUT2D eigenvalue weighted by atomic mass is 10.1. The molecule has 0 fully saturated rings. The third-order valence-electron chi connectivity index (χ3n) is 3.02. The summed E-state index contributed by atoms with van der Waals surface area (Å²) in [5, 5.41) is 3.17. The Kier molecular flexibility index (Phi) is 4.09. The molecule has 5 heteroatoms. The standard InChI is InChI=1S/C15H16FNO2S/c1-11(17-14-5-3-4-13(16)10-14)12-6-8-15(9-7-12)20(2,18)19/h3-11,17H,1-2H3. The van der Waals surface area contributed by atoms with Gasteiger partial charge in [0.1, 0.15) is 5.82 Å². The van der Waals surface area contributed by atoms with E-state index >= 15 is 0 Å². The van der Waals surface area contributed by atoms with Gasteiger partial charge in [0.2, 0.25) is 0 Å². The minimum atomic E-state index is -3.18. The SMILES string of the molecule is CC(Nc1cccc(F)c1)c1ccc(S(C)(=O)=O)cc1. The van der Waals surface area contributed by atoms with Crippen LogP contribution in [0.5, 0.6) is 0 Å². The van der Waals surface area contributed by atoms with Gasteiger partial charge in [0, 0.05) is 18.0 Å². The second-order valence-corrected chi connectivity index (χ2v) is 6.73. The summed E-state index contributed by atoms with van der Waals surface area (Å²) in [5.41, 5.74) is 1.62. The average molecular weight is 293 g/mol. The van der Waals surface area contributed by atoms with Crippen LogP contribution in [0.3, 0.4) is 0 Å². The van der Waals surface area contributed by atoms with Crippen LogP contribution in [0.15, 0.2) is 53.4 Å². The topological polar surface area (TPSA) is 46.2 Å². The molecule has 1 N–H and O–H groups in total. The van der Waals surface area contributed by atoms with Crippen molar-refractivity contribution in [3.05, 3.63) is 59.9 Å². The molecule has 0 amide bonds. The first kappa shape index (κ1) is 14.5. The van der Waals surface area contributed by atoms with Crippen LogP contribution in [-0.4, -0.2) is 14.7 Å². The van der Waals surface area contributed by atoms with E-state index in [1.807, 2.05) is 6.92 Å². The van der Waals surface area contributed by atoms with Crippen molar-refractivity contribution in [3.63, 3.8) is 0 Å². The van der Waals surface area contributed by atoms with Crippen molar-refractivity contribution in [2.75, 3.05) is 11.6 Å². The van der Waals surface area contributed by atoms with Crippen LogP contribution in [0.4, 0.5) is 10.1 Å². The molecule has 0 aliphatic rings. The van der Waals surface area contributed by atoms with Gasteiger partial charge in [-0.2, -0.15) is 0 Å². The predicted molar refractivity (Wildman–Crippen MR) is 78.0 cm³/mol. The van der Waals surface area contributed by atoms with E-state index in [9.17, 15) is 12.8 Å². The second kappa shape index (κ2) is 5.63. The molecule has 0 heterocycles. The number of nitrogens with one attached hydrogen (secondary N) is 1. The van der Waals surface area contributed by atoms with Crippen LogP contribution in [0.2, 0.25) is 0 Å². The van der Waals surface area contributed by atoms with Gasteiger partial charge in [-0.3, -0.25) is 0 Å². The van der Waals surface area contributed by atoms with Crippen molar-refractivity contribution in [2.45, 2.75) is 17.9 Å². The van der Waals surface area contributed by atoms with Crippen molar-refractivity contribution in [1.29, 1.82) is 0 Å². The number of hydrogen-bond acceptors (Lipinski definition) is 3. The third-order valence-corrected chi connectivity index (χ3v) is 4.14. The van der Waals surface area contributed by atoms with Gasteiger partial charge in [-0.1, -0.05) is 18.2 Å². The van der Waals surface area contributed by atoms with E-state index < -0.39 is 9.84 Å². The Hall–Kier alpha value is -1.88. The molecular formula is C15H16FNO2S. The van der Waals surface area contributed by atoms with Crippen molar-refractivity contribution in [1.82, 2.24) is 0 Å². The summed E-state index contributed by atoms with van der Waals surface area (Å²) in [6, 6.07) is 12.8. The third kappa shape index (κ3) is 3.57. The van der Waals surface area contributed by atoms with E-state index in [-0.39, 0.29) is 11.9 Å². The molecule has 3 nitrogen and oxygen atoms in total. The Morgan fingerprint density at radius 3 is 2.30 bits per heavy atom. The van der Waals surface area contributed by atoms with Crippen LogP contribution in [0, 0.1) is 5.82 Å². The summed E-state index contributed by atoms with van der Waals surface area (Å²) in [7, 11) is -3.18. The highest BCUT2D eigenvalue weighted by Crippen LogP contribution is 2.21. The lowest BCUT2D eigenvalue weighted by Crippen LogP contribution is -2.07. The molecule has 0 aliphatic heterocycles. The second-order valence-electron chi connectivity index (χ2n) is 4.72. The lowest BCUT2D eigenvalue weighted by Gasteiger charge is -2.16. The fourth-order valence-corrected chi connectivity index (χ4v) is 2.55. The highest BCUT2D eigenvalue weighted by molar-refractivity contribution is 7.90. The Labute approximate surface area is 118 Å².